The summed E-state index contributed by atoms with van der Waals surface area (Å²) >= 11 is 0. The number of aliphatic carboxylic acids is 1. The number of benzene rings is 1. The quantitative estimate of drug-likeness (QED) is 0.850. The van der Waals surface area contributed by atoms with Gasteiger partial charge < -0.3 is 10.4 Å². The van der Waals surface area contributed by atoms with Crippen molar-refractivity contribution in [3.05, 3.63) is 29.3 Å². The third-order valence-corrected chi connectivity index (χ3v) is 4.44. The molecule has 1 fully saturated rings. The summed E-state index contributed by atoms with van der Waals surface area (Å²) in [5, 5.41) is 12.3. The summed E-state index contributed by atoms with van der Waals surface area (Å²) in [4.78, 5) is 25.5. The van der Waals surface area contributed by atoms with E-state index in [-0.39, 0.29) is 24.9 Å². The predicted molar refractivity (Wildman–Crippen MR) is 98.0 cm³/mol. The van der Waals surface area contributed by atoms with Crippen LogP contribution in [0.2, 0.25) is 0 Å². The van der Waals surface area contributed by atoms with Crippen molar-refractivity contribution in [2.45, 2.75) is 52.0 Å². The van der Waals surface area contributed by atoms with Crippen molar-refractivity contribution in [2.75, 3.05) is 18.4 Å². The van der Waals surface area contributed by atoms with Crippen molar-refractivity contribution < 1.29 is 14.7 Å². The van der Waals surface area contributed by atoms with E-state index in [1.165, 1.54) is 0 Å². The molecule has 6 heteroatoms. The first-order chi connectivity index (χ1) is 10.9. The van der Waals surface area contributed by atoms with Gasteiger partial charge in [-0.1, -0.05) is 38.5 Å². The Morgan fingerprint density at radius 1 is 1.33 bits per heavy atom. The standard InChI is InChI=1S/C18H26N2O3.ClH/c1-12(2)14-8-6-7-13(3)17(14)19-16(21)11-20-10-5-4-9-15(20)18(22)23;/h6-8,12,15H,4-5,9-11H2,1-3H3,(H,19,21)(H,22,23);1H. The number of nitrogens with one attached hydrogen (secondary N) is 1. The third kappa shape index (κ3) is 4.95. The molecular formula is C18H27ClN2O3. The molecule has 1 aliphatic heterocycles. The summed E-state index contributed by atoms with van der Waals surface area (Å²) in [7, 11) is 0. The van der Waals surface area contributed by atoms with E-state index < -0.39 is 12.0 Å². The van der Waals surface area contributed by atoms with Crippen molar-refractivity contribution >= 4 is 30.0 Å². The highest BCUT2D eigenvalue weighted by Gasteiger charge is 2.29. The number of amides is 1. The SMILES string of the molecule is Cc1cccc(C(C)C)c1NC(=O)CN1CCCCC1C(=O)O.Cl. The fourth-order valence-corrected chi connectivity index (χ4v) is 3.17. The van der Waals surface area contributed by atoms with Gasteiger partial charge >= 0.3 is 5.97 Å². The minimum atomic E-state index is -0.837. The van der Waals surface area contributed by atoms with Crippen LogP contribution in [0.3, 0.4) is 0 Å². The lowest BCUT2D eigenvalue weighted by molar-refractivity contribution is -0.145. The number of carboxylic acids is 1. The number of anilines is 1. The Labute approximate surface area is 149 Å². The fraction of sp³-hybridized carbons (Fsp3) is 0.556. The Hall–Kier alpha value is -1.59. The van der Waals surface area contributed by atoms with Gasteiger partial charge in [0.25, 0.3) is 0 Å². The Balaban J connectivity index is 0.00000288. The van der Waals surface area contributed by atoms with Gasteiger partial charge in [0.1, 0.15) is 6.04 Å². The maximum atomic E-state index is 12.4. The minimum absolute atomic E-state index is 0. The summed E-state index contributed by atoms with van der Waals surface area (Å²) in [6.45, 7) is 6.95. The molecule has 5 nitrogen and oxygen atoms in total. The Bertz CT molecular complexity index is 590. The highest BCUT2D eigenvalue weighted by Crippen LogP contribution is 2.27. The lowest BCUT2D eigenvalue weighted by Gasteiger charge is -2.32. The van der Waals surface area contributed by atoms with Gasteiger partial charge in [-0.2, -0.15) is 0 Å². The lowest BCUT2D eigenvalue weighted by Crippen LogP contribution is -2.47. The summed E-state index contributed by atoms with van der Waals surface area (Å²) in [6.07, 6.45) is 2.47. The Morgan fingerprint density at radius 3 is 2.67 bits per heavy atom. The molecule has 24 heavy (non-hydrogen) atoms. The van der Waals surface area contributed by atoms with Gasteiger partial charge in [0.05, 0.1) is 6.54 Å². The molecule has 0 saturated carbocycles. The molecule has 1 aromatic rings. The number of rotatable bonds is 5. The maximum Gasteiger partial charge on any atom is 0.320 e. The van der Waals surface area contributed by atoms with Crippen LogP contribution in [-0.4, -0.2) is 41.0 Å². The summed E-state index contributed by atoms with van der Waals surface area (Å²) in [5.41, 5.74) is 2.99. The third-order valence-electron chi connectivity index (χ3n) is 4.44. The molecule has 1 amide bonds. The summed E-state index contributed by atoms with van der Waals surface area (Å²) in [5.74, 6) is -0.669. The Kier molecular flexibility index (Phi) is 7.70. The van der Waals surface area contributed by atoms with Crippen molar-refractivity contribution in [1.82, 2.24) is 4.90 Å². The summed E-state index contributed by atoms with van der Waals surface area (Å²) in [6, 6.07) is 5.44. The molecule has 0 bridgehead atoms. The van der Waals surface area contributed by atoms with E-state index in [0.29, 0.717) is 18.9 Å². The number of halogens is 1. The number of carboxylic acid groups (broad SMARTS) is 1. The molecule has 2 N–H and O–H groups in total. The second kappa shape index (κ2) is 9.04. The van der Waals surface area contributed by atoms with Gasteiger partial charge in [-0.15, -0.1) is 12.4 Å². The molecule has 1 aliphatic rings. The zero-order chi connectivity index (χ0) is 17.0. The van der Waals surface area contributed by atoms with Crippen LogP contribution in [0.5, 0.6) is 0 Å². The van der Waals surface area contributed by atoms with Gasteiger partial charge in [0.15, 0.2) is 0 Å². The molecule has 134 valence electrons. The number of carbonyl (C=O) groups excluding carboxylic acids is 1. The van der Waals surface area contributed by atoms with E-state index in [0.717, 1.165) is 29.7 Å². The molecular weight excluding hydrogens is 328 g/mol. The Morgan fingerprint density at radius 2 is 2.04 bits per heavy atom. The van der Waals surface area contributed by atoms with Crippen molar-refractivity contribution in [2.24, 2.45) is 0 Å². The van der Waals surface area contributed by atoms with Crippen molar-refractivity contribution in [1.29, 1.82) is 0 Å². The number of hydrogen-bond acceptors (Lipinski definition) is 3. The first-order valence-corrected chi connectivity index (χ1v) is 8.26. The molecule has 1 aromatic carbocycles. The minimum Gasteiger partial charge on any atom is -0.480 e. The number of nitrogens with zero attached hydrogens (tertiary/aromatic N) is 1. The van der Waals surface area contributed by atoms with Crippen LogP contribution in [0.4, 0.5) is 5.69 Å². The highest BCUT2D eigenvalue weighted by atomic mass is 35.5. The maximum absolute atomic E-state index is 12.4. The van der Waals surface area contributed by atoms with Gasteiger partial charge in [0.2, 0.25) is 5.91 Å². The number of carbonyl (C=O) groups is 2. The summed E-state index contributed by atoms with van der Waals surface area (Å²) < 4.78 is 0. The predicted octanol–water partition coefficient (Wildman–Crippen LogP) is 3.42. The van der Waals surface area contributed by atoms with Crippen LogP contribution in [-0.2, 0) is 9.59 Å². The second-order valence-electron chi connectivity index (χ2n) is 6.56. The van der Waals surface area contributed by atoms with Crippen molar-refractivity contribution in [3.63, 3.8) is 0 Å². The number of piperidine rings is 1. The first-order valence-electron chi connectivity index (χ1n) is 8.26. The van der Waals surface area contributed by atoms with Gasteiger partial charge in [-0.05, 0) is 43.4 Å². The number of hydrogen-bond donors (Lipinski definition) is 2. The van der Waals surface area contributed by atoms with E-state index in [1.807, 2.05) is 25.1 Å². The van der Waals surface area contributed by atoms with Crippen LogP contribution in [0.1, 0.15) is 50.2 Å². The van der Waals surface area contributed by atoms with Gasteiger partial charge in [0, 0.05) is 5.69 Å². The fourth-order valence-electron chi connectivity index (χ4n) is 3.17. The van der Waals surface area contributed by atoms with Crippen LogP contribution in [0.25, 0.3) is 0 Å². The molecule has 1 saturated heterocycles. The van der Waals surface area contributed by atoms with E-state index in [4.69, 9.17) is 0 Å². The normalized spacial score (nSPS) is 18.1. The smallest absolute Gasteiger partial charge is 0.320 e. The van der Waals surface area contributed by atoms with Gasteiger partial charge in [-0.25, -0.2) is 0 Å². The number of para-hydroxylation sites is 1. The molecule has 0 aromatic heterocycles. The van der Waals surface area contributed by atoms with E-state index in [1.54, 1.807) is 4.90 Å². The average molecular weight is 355 g/mol. The molecule has 2 rings (SSSR count). The van der Waals surface area contributed by atoms with E-state index in [9.17, 15) is 14.7 Å². The first kappa shape index (κ1) is 20.5. The number of likely N-dealkylation sites (tertiary alicyclic amines) is 1. The molecule has 0 spiro atoms. The van der Waals surface area contributed by atoms with Gasteiger partial charge in [-0.3, -0.25) is 14.5 Å². The molecule has 1 heterocycles. The molecule has 1 atom stereocenters. The van der Waals surface area contributed by atoms with E-state index in [2.05, 4.69) is 19.2 Å². The van der Waals surface area contributed by atoms with Crippen LogP contribution in [0.15, 0.2) is 18.2 Å². The number of aryl methyl sites for hydroxylation is 1. The van der Waals surface area contributed by atoms with Crippen molar-refractivity contribution in [3.8, 4) is 0 Å². The highest BCUT2D eigenvalue weighted by molar-refractivity contribution is 5.94. The topological polar surface area (TPSA) is 69.6 Å². The second-order valence-corrected chi connectivity index (χ2v) is 6.56. The van der Waals surface area contributed by atoms with Crippen LogP contribution >= 0.6 is 12.4 Å². The lowest BCUT2D eigenvalue weighted by atomic mass is 9.98. The molecule has 1 unspecified atom stereocenters. The van der Waals surface area contributed by atoms with E-state index >= 15 is 0 Å². The zero-order valence-corrected chi connectivity index (χ0v) is 15.4. The molecule has 0 radical (unpaired) electrons. The zero-order valence-electron chi connectivity index (χ0n) is 14.5. The van der Waals surface area contributed by atoms with Crippen LogP contribution < -0.4 is 5.32 Å². The average Bonchev–Trinajstić information content (AvgIpc) is 2.49. The largest absolute Gasteiger partial charge is 0.480 e. The molecule has 0 aliphatic carbocycles. The van der Waals surface area contributed by atoms with Crippen LogP contribution in [0, 0.1) is 6.92 Å². The monoisotopic (exact) mass is 354 g/mol.